The predicted octanol–water partition coefficient (Wildman–Crippen LogP) is 2.94. The van der Waals surface area contributed by atoms with Crippen molar-refractivity contribution < 1.29 is 14.6 Å². The first-order chi connectivity index (χ1) is 9.27. The summed E-state index contributed by atoms with van der Waals surface area (Å²) in [5, 5.41) is 9.90. The first-order valence-corrected chi connectivity index (χ1v) is 8.07. The lowest BCUT2D eigenvalue weighted by molar-refractivity contribution is -0.0740. The monoisotopic (exact) mass is 376 g/mol. The van der Waals surface area contributed by atoms with Crippen LogP contribution in [-0.4, -0.2) is 34.5 Å². The minimum absolute atomic E-state index is 0.0327. The summed E-state index contributed by atoms with van der Waals surface area (Å²) in [7, 11) is 0. The number of alkyl halides is 1. The van der Waals surface area contributed by atoms with Gasteiger partial charge in [0.2, 0.25) is 0 Å². The molecule has 19 heavy (non-hydrogen) atoms. The molecule has 1 heterocycles. The second-order valence-corrected chi connectivity index (χ2v) is 6.49. The van der Waals surface area contributed by atoms with Crippen LogP contribution >= 0.6 is 22.6 Å². The van der Waals surface area contributed by atoms with Gasteiger partial charge in [-0.3, -0.25) is 0 Å². The van der Waals surface area contributed by atoms with Gasteiger partial charge < -0.3 is 14.6 Å². The van der Waals surface area contributed by atoms with Crippen molar-refractivity contribution in [3.63, 3.8) is 0 Å². The molecular weight excluding hydrogens is 355 g/mol. The van der Waals surface area contributed by atoms with Crippen LogP contribution in [-0.2, 0) is 16.1 Å². The van der Waals surface area contributed by atoms with Crippen LogP contribution < -0.4 is 0 Å². The summed E-state index contributed by atoms with van der Waals surface area (Å²) >= 11 is 2.37. The van der Waals surface area contributed by atoms with E-state index in [9.17, 15) is 5.11 Å². The zero-order chi connectivity index (χ0) is 13.5. The molecule has 1 aromatic carbocycles. The highest BCUT2D eigenvalue weighted by atomic mass is 127. The molecule has 1 fully saturated rings. The molecule has 1 saturated heterocycles. The van der Waals surface area contributed by atoms with Crippen molar-refractivity contribution in [3.8, 4) is 0 Å². The highest BCUT2D eigenvalue weighted by Crippen LogP contribution is 2.24. The molecule has 1 N–H and O–H groups in total. The number of halogens is 1. The van der Waals surface area contributed by atoms with E-state index in [0.29, 0.717) is 17.1 Å². The molecule has 3 atom stereocenters. The number of hydrogen-bond acceptors (Lipinski definition) is 3. The molecular formula is C15H21IO3. The number of hydrogen-bond donors (Lipinski definition) is 1. The standard InChI is InChI=1S/C15H21IO3/c16-13(15-14(17)7-4-9-19-15)8-10-18-11-12-5-2-1-3-6-12/h1-3,5-6,13-15,17H,4,7-11H2/t13-,14+,15-/m0/s1. The SMILES string of the molecule is O[C@@H]1CCCO[C@H]1[C@@H](I)CCOCc1ccccc1. The topological polar surface area (TPSA) is 38.7 Å². The fourth-order valence-electron chi connectivity index (χ4n) is 2.26. The Hall–Kier alpha value is -0.170. The molecule has 0 radical (unpaired) electrons. The van der Waals surface area contributed by atoms with E-state index in [0.717, 1.165) is 25.9 Å². The molecule has 1 aromatic rings. The lowest BCUT2D eigenvalue weighted by atomic mass is 10.0. The van der Waals surface area contributed by atoms with Crippen LogP contribution in [0, 0.1) is 0 Å². The smallest absolute Gasteiger partial charge is 0.0951 e. The number of benzene rings is 1. The third-order valence-electron chi connectivity index (χ3n) is 3.34. The lowest BCUT2D eigenvalue weighted by Gasteiger charge is -2.31. The van der Waals surface area contributed by atoms with Crippen molar-refractivity contribution in [2.75, 3.05) is 13.2 Å². The number of aliphatic hydroxyl groups excluding tert-OH is 1. The van der Waals surface area contributed by atoms with Crippen LogP contribution in [0.15, 0.2) is 30.3 Å². The molecule has 4 heteroatoms. The zero-order valence-electron chi connectivity index (χ0n) is 11.0. The predicted molar refractivity (Wildman–Crippen MR) is 83.5 cm³/mol. The lowest BCUT2D eigenvalue weighted by Crippen LogP contribution is -2.40. The quantitative estimate of drug-likeness (QED) is 0.472. The van der Waals surface area contributed by atoms with Crippen LogP contribution in [0.25, 0.3) is 0 Å². The van der Waals surface area contributed by atoms with Gasteiger partial charge in [0, 0.05) is 17.1 Å². The fraction of sp³-hybridized carbons (Fsp3) is 0.600. The molecule has 0 amide bonds. The highest BCUT2D eigenvalue weighted by Gasteiger charge is 2.29. The van der Waals surface area contributed by atoms with Gasteiger partial charge in [-0.2, -0.15) is 0 Å². The van der Waals surface area contributed by atoms with Crippen molar-refractivity contribution in [3.05, 3.63) is 35.9 Å². The Kier molecular flexibility index (Phi) is 6.56. The molecule has 1 aliphatic heterocycles. The molecule has 0 bridgehead atoms. The molecule has 3 nitrogen and oxygen atoms in total. The van der Waals surface area contributed by atoms with Crippen LogP contribution in [0.4, 0.5) is 0 Å². The van der Waals surface area contributed by atoms with E-state index < -0.39 is 0 Å². The van der Waals surface area contributed by atoms with Gasteiger partial charge in [0.1, 0.15) is 0 Å². The van der Waals surface area contributed by atoms with Gasteiger partial charge in [-0.1, -0.05) is 52.9 Å². The van der Waals surface area contributed by atoms with Gasteiger partial charge in [-0.05, 0) is 24.8 Å². The Morgan fingerprint density at radius 1 is 1.37 bits per heavy atom. The summed E-state index contributed by atoms with van der Waals surface area (Å²) in [4.78, 5) is 0. The molecule has 0 aromatic heterocycles. The van der Waals surface area contributed by atoms with Gasteiger partial charge in [-0.15, -0.1) is 0 Å². The number of ether oxygens (including phenoxy) is 2. The van der Waals surface area contributed by atoms with Crippen molar-refractivity contribution in [2.45, 2.75) is 42.0 Å². The van der Waals surface area contributed by atoms with E-state index in [-0.39, 0.29) is 12.2 Å². The van der Waals surface area contributed by atoms with Crippen LogP contribution in [0.2, 0.25) is 0 Å². The fourth-order valence-corrected chi connectivity index (χ4v) is 3.20. The maximum atomic E-state index is 9.90. The number of aliphatic hydroxyl groups is 1. The first-order valence-electron chi connectivity index (χ1n) is 6.83. The maximum Gasteiger partial charge on any atom is 0.0951 e. The second-order valence-electron chi connectivity index (χ2n) is 4.89. The van der Waals surface area contributed by atoms with Crippen molar-refractivity contribution in [1.82, 2.24) is 0 Å². The van der Waals surface area contributed by atoms with Gasteiger partial charge in [0.05, 0.1) is 18.8 Å². The van der Waals surface area contributed by atoms with E-state index >= 15 is 0 Å². The third-order valence-corrected chi connectivity index (χ3v) is 4.67. The molecule has 2 rings (SSSR count). The molecule has 0 unspecified atom stereocenters. The van der Waals surface area contributed by atoms with Gasteiger partial charge in [0.25, 0.3) is 0 Å². The minimum atomic E-state index is -0.315. The molecule has 0 aliphatic carbocycles. The largest absolute Gasteiger partial charge is 0.390 e. The Bertz CT molecular complexity index is 358. The van der Waals surface area contributed by atoms with E-state index in [1.165, 1.54) is 5.56 Å². The van der Waals surface area contributed by atoms with Crippen molar-refractivity contribution in [2.24, 2.45) is 0 Å². The Morgan fingerprint density at radius 2 is 2.16 bits per heavy atom. The third kappa shape index (κ3) is 5.02. The summed E-state index contributed by atoms with van der Waals surface area (Å²) in [6, 6.07) is 10.2. The maximum absolute atomic E-state index is 9.90. The molecule has 106 valence electrons. The average molecular weight is 376 g/mol. The summed E-state index contributed by atoms with van der Waals surface area (Å²) in [5.74, 6) is 0. The van der Waals surface area contributed by atoms with E-state index in [1.54, 1.807) is 0 Å². The Labute approximate surface area is 128 Å². The molecule has 1 aliphatic rings. The zero-order valence-corrected chi connectivity index (χ0v) is 13.2. The summed E-state index contributed by atoms with van der Waals surface area (Å²) < 4.78 is 11.6. The van der Waals surface area contributed by atoms with E-state index in [1.807, 2.05) is 18.2 Å². The summed E-state index contributed by atoms with van der Waals surface area (Å²) in [5.41, 5.74) is 1.20. The van der Waals surface area contributed by atoms with Crippen LogP contribution in [0.1, 0.15) is 24.8 Å². The normalized spacial score (nSPS) is 25.2. The average Bonchev–Trinajstić information content (AvgIpc) is 2.45. The van der Waals surface area contributed by atoms with Gasteiger partial charge in [-0.25, -0.2) is 0 Å². The summed E-state index contributed by atoms with van der Waals surface area (Å²) in [6.07, 6.45) is 2.38. The van der Waals surface area contributed by atoms with Crippen LogP contribution in [0.3, 0.4) is 0 Å². The van der Waals surface area contributed by atoms with Gasteiger partial charge in [0.15, 0.2) is 0 Å². The number of rotatable bonds is 6. The minimum Gasteiger partial charge on any atom is -0.390 e. The Balaban J connectivity index is 1.65. The van der Waals surface area contributed by atoms with E-state index in [2.05, 4.69) is 34.7 Å². The highest BCUT2D eigenvalue weighted by molar-refractivity contribution is 14.1. The van der Waals surface area contributed by atoms with E-state index in [4.69, 9.17) is 9.47 Å². The molecule has 0 saturated carbocycles. The summed E-state index contributed by atoms with van der Waals surface area (Å²) in [6.45, 7) is 2.12. The first kappa shape index (κ1) is 15.2. The van der Waals surface area contributed by atoms with Crippen molar-refractivity contribution >= 4 is 22.6 Å². The van der Waals surface area contributed by atoms with Gasteiger partial charge >= 0.3 is 0 Å². The molecule has 0 spiro atoms. The second kappa shape index (κ2) is 8.19. The van der Waals surface area contributed by atoms with Crippen LogP contribution in [0.5, 0.6) is 0 Å². The van der Waals surface area contributed by atoms with Crippen molar-refractivity contribution in [1.29, 1.82) is 0 Å². The Morgan fingerprint density at radius 3 is 2.89 bits per heavy atom.